The SMILES string of the molecule is COc1cc(C(=O)N2CCN(c3nc(C)ns3)CC2)cc(OC)c1Br. The van der Waals surface area contributed by atoms with Gasteiger partial charge in [-0.3, -0.25) is 4.79 Å². The molecule has 0 N–H and O–H groups in total. The number of carbonyl (C=O) groups is 1. The summed E-state index contributed by atoms with van der Waals surface area (Å²) < 4.78 is 15.6. The fourth-order valence-electron chi connectivity index (χ4n) is 2.69. The fraction of sp³-hybridized carbons (Fsp3) is 0.438. The number of hydrogen-bond donors (Lipinski definition) is 0. The molecule has 3 rings (SSSR count). The maximum Gasteiger partial charge on any atom is 0.254 e. The summed E-state index contributed by atoms with van der Waals surface area (Å²) in [4.78, 5) is 21.3. The summed E-state index contributed by atoms with van der Waals surface area (Å²) in [6.45, 7) is 4.64. The van der Waals surface area contributed by atoms with Crippen LogP contribution in [0.1, 0.15) is 16.2 Å². The lowest BCUT2D eigenvalue weighted by Gasteiger charge is -2.34. The van der Waals surface area contributed by atoms with E-state index in [1.165, 1.54) is 11.5 Å². The number of ether oxygens (including phenoxy) is 2. The Labute approximate surface area is 158 Å². The fourth-order valence-corrected chi connectivity index (χ4v) is 3.97. The second kappa shape index (κ2) is 7.57. The summed E-state index contributed by atoms with van der Waals surface area (Å²) in [6, 6.07) is 3.46. The van der Waals surface area contributed by atoms with Crippen LogP contribution in [-0.4, -0.2) is 60.6 Å². The highest BCUT2D eigenvalue weighted by molar-refractivity contribution is 9.10. The third-order valence-corrected chi connectivity index (χ3v) is 5.70. The van der Waals surface area contributed by atoms with Crippen molar-refractivity contribution >= 4 is 38.5 Å². The van der Waals surface area contributed by atoms with Crippen molar-refractivity contribution in [1.82, 2.24) is 14.3 Å². The molecule has 7 nitrogen and oxygen atoms in total. The number of nitrogens with zero attached hydrogens (tertiary/aromatic N) is 4. The van der Waals surface area contributed by atoms with Gasteiger partial charge in [-0.1, -0.05) is 0 Å². The van der Waals surface area contributed by atoms with Crippen molar-refractivity contribution in [3.05, 3.63) is 28.0 Å². The van der Waals surface area contributed by atoms with Crippen LogP contribution in [0, 0.1) is 6.92 Å². The molecule has 0 atom stereocenters. The summed E-state index contributed by atoms with van der Waals surface area (Å²) >= 11 is 4.82. The van der Waals surface area contributed by atoms with Gasteiger partial charge in [-0.2, -0.15) is 4.37 Å². The zero-order valence-corrected chi connectivity index (χ0v) is 16.7. The molecule has 0 spiro atoms. The molecule has 1 aromatic carbocycles. The van der Waals surface area contributed by atoms with E-state index in [0.717, 1.165) is 24.0 Å². The van der Waals surface area contributed by atoms with Crippen molar-refractivity contribution < 1.29 is 14.3 Å². The molecule has 0 aliphatic carbocycles. The Morgan fingerprint density at radius 1 is 1.16 bits per heavy atom. The van der Waals surface area contributed by atoms with Crippen LogP contribution >= 0.6 is 27.5 Å². The Morgan fingerprint density at radius 2 is 1.76 bits per heavy atom. The highest BCUT2D eigenvalue weighted by atomic mass is 79.9. The first-order valence-electron chi connectivity index (χ1n) is 7.79. The van der Waals surface area contributed by atoms with Gasteiger partial charge in [-0.05, 0) is 35.0 Å². The van der Waals surface area contributed by atoms with Gasteiger partial charge in [-0.15, -0.1) is 0 Å². The van der Waals surface area contributed by atoms with E-state index < -0.39 is 0 Å². The van der Waals surface area contributed by atoms with Crippen LogP contribution in [0.5, 0.6) is 11.5 Å². The molecule has 2 heterocycles. The minimum Gasteiger partial charge on any atom is -0.495 e. The Balaban J connectivity index is 1.72. The summed E-state index contributed by atoms with van der Waals surface area (Å²) in [5.41, 5.74) is 0.553. The molecular weight excluding hydrogens is 408 g/mol. The minimum absolute atomic E-state index is 0.0304. The summed E-state index contributed by atoms with van der Waals surface area (Å²) in [6.07, 6.45) is 0. The molecule has 1 aliphatic rings. The monoisotopic (exact) mass is 426 g/mol. The molecule has 25 heavy (non-hydrogen) atoms. The average molecular weight is 427 g/mol. The van der Waals surface area contributed by atoms with E-state index in [4.69, 9.17) is 9.47 Å². The second-order valence-electron chi connectivity index (χ2n) is 5.60. The van der Waals surface area contributed by atoms with E-state index in [1.54, 1.807) is 26.4 Å². The molecular formula is C16H19BrN4O3S. The highest BCUT2D eigenvalue weighted by Crippen LogP contribution is 2.36. The minimum atomic E-state index is -0.0304. The van der Waals surface area contributed by atoms with Gasteiger partial charge in [0.25, 0.3) is 5.91 Å². The number of hydrogen-bond acceptors (Lipinski definition) is 7. The zero-order chi connectivity index (χ0) is 18.0. The highest BCUT2D eigenvalue weighted by Gasteiger charge is 2.25. The Kier molecular flexibility index (Phi) is 5.43. The number of piperazine rings is 1. The van der Waals surface area contributed by atoms with Gasteiger partial charge in [0.2, 0.25) is 5.13 Å². The lowest BCUT2D eigenvalue weighted by molar-refractivity contribution is 0.0746. The van der Waals surface area contributed by atoms with E-state index in [1.807, 2.05) is 11.8 Å². The van der Waals surface area contributed by atoms with Crippen LogP contribution in [0.2, 0.25) is 0 Å². The molecule has 1 aliphatic heterocycles. The van der Waals surface area contributed by atoms with Gasteiger partial charge in [0.1, 0.15) is 21.8 Å². The van der Waals surface area contributed by atoms with Gasteiger partial charge in [0.15, 0.2) is 0 Å². The van der Waals surface area contributed by atoms with Crippen LogP contribution in [0.4, 0.5) is 5.13 Å². The lowest BCUT2D eigenvalue weighted by Crippen LogP contribution is -2.48. The zero-order valence-electron chi connectivity index (χ0n) is 14.3. The van der Waals surface area contributed by atoms with E-state index in [2.05, 4.69) is 30.2 Å². The molecule has 0 bridgehead atoms. The first-order valence-corrected chi connectivity index (χ1v) is 9.36. The molecule has 9 heteroatoms. The molecule has 1 aromatic heterocycles. The van der Waals surface area contributed by atoms with Crippen molar-refractivity contribution in [2.45, 2.75) is 6.92 Å². The molecule has 2 aromatic rings. The Hall–Kier alpha value is -1.87. The largest absolute Gasteiger partial charge is 0.495 e. The van der Waals surface area contributed by atoms with Crippen LogP contribution < -0.4 is 14.4 Å². The second-order valence-corrected chi connectivity index (χ2v) is 7.12. The van der Waals surface area contributed by atoms with Gasteiger partial charge in [0.05, 0.1) is 14.2 Å². The summed E-state index contributed by atoms with van der Waals surface area (Å²) in [7, 11) is 3.13. The van der Waals surface area contributed by atoms with Crippen LogP contribution in [0.15, 0.2) is 16.6 Å². The number of anilines is 1. The maximum absolute atomic E-state index is 12.9. The first-order chi connectivity index (χ1) is 12.0. The molecule has 134 valence electrons. The number of rotatable bonds is 4. The third kappa shape index (κ3) is 3.72. The van der Waals surface area contributed by atoms with E-state index >= 15 is 0 Å². The predicted octanol–water partition coefficient (Wildman–Crippen LogP) is 2.59. The maximum atomic E-state index is 12.9. The topological polar surface area (TPSA) is 67.8 Å². The Morgan fingerprint density at radius 3 is 2.24 bits per heavy atom. The lowest BCUT2D eigenvalue weighted by atomic mass is 10.1. The summed E-state index contributed by atoms with van der Waals surface area (Å²) in [5, 5.41) is 0.913. The van der Waals surface area contributed by atoms with E-state index in [-0.39, 0.29) is 5.91 Å². The smallest absolute Gasteiger partial charge is 0.254 e. The molecule has 1 amide bonds. The van der Waals surface area contributed by atoms with Crippen molar-refractivity contribution in [3.63, 3.8) is 0 Å². The average Bonchev–Trinajstić information content (AvgIpc) is 3.08. The van der Waals surface area contributed by atoms with Gasteiger partial charge >= 0.3 is 0 Å². The van der Waals surface area contributed by atoms with Gasteiger partial charge in [-0.25, -0.2) is 4.98 Å². The van der Waals surface area contributed by atoms with Crippen LogP contribution in [0.3, 0.4) is 0 Å². The molecule has 1 saturated heterocycles. The Bertz CT molecular complexity index is 749. The summed E-state index contributed by atoms with van der Waals surface area (Å²) in [5.74, 6) is 1.90. The number of methoxy groups -OCH3 is 2. The van der Waals surface area contributed by atoms with Crippen molar-refractivity contribution in [2.24, 2.45) is 0 Å². The number of amides is 1. The number of benzene rings is 1. The number of halogens is 1. The number of carbonyl (C=O) groups excluding carboxylic acids is 1. The normalized spacial score (nSPS) is 14.6. The molecule has 0 saturated carbocycles. The van der Waals surface area contributed by atoms with Crippen molar-refractivity contribution in [3.8, 4) is 11.5 Å². The third-order valence-electron chi connectivity index (χ3n) is 4.05. The predicted molar refractivity (Wildman–Crippen MR) is 100 cm³/mol. The number of aryl methyl sites for hydroxylation is 1. The van der Waals surface area contributed by atoms with Gasteiger partial charge < -0.3 is 19.3 Å². The molecule has 0 radical (unpaired) electrons. The number of aromatic nitrogens is 2. The van der Waals surface area contributed by atoms with E-state index in [9.17, 15) is 4.79 Å². The molecule has 0 unspecified atom stereocenters. The van der Waals surface area contributed by atoms with Crippen LogP contribution in [-0.2, 0) is 0 Å². The van der Waals surface area contributed by atoms with Crippen molar-refractivity contribution in [2.75, 3.05) is 45.3 Å². The molecule has 1 fully saturated rings. The van der Waals surface area contributed by atoms with Crippen LogP contribution in [0.25, 0.3) is 0 Å². The first kappa shape index (κ1) is 17.9. The standard InChI is InChI=1S/C16H19BrN4O3S/c1-10-18-16(25-19-10)21-6-4-20(5-7-21)15(22)11-8-12(23-2)14(17)13(9-11)24-3/h8-9H,4-7H2,1-3H3. The van der Waals surface area contributed by atoms with Crippen molar-refractivity contribution in [1.29, 1.82) is 0 Å². The quantitative estimate of drug-likeness (QED) is 0.748. The van der Waals surface area contributed by atoms with E-state index in [0.29, 0.717) is 34.6 Å². The van der Waals surface area contributed by atoms with Gasteiger partial charge in [0, 0.05) is 43.3 Å².